The second-order valence-electron chi connectivity index (χ2n) is 4.26. The average molecular weight is 246 g/mol. The van der Waals surface area contributed by atoms with Crippen LogP contribution in [0.5, 0.6) is 11.8 Å². The quantitative estimate of drug-likeness (QED) is 0.877. The zero-order valence-electron chi connectivity index (χ0n) is 10.7. The van der Waals surface area contributed by atoms with Gasteiger partial charge in [-0.2, -0.15) is 4.98 Å². The zero-order valence-corrected chi connectivity index (χ0v) is 10.7. The second kappa shape index (κ2) is 5.69. The summed E-state index contributed by atoms with van der Waals surface area (Å²) >= 11 is 0. The lowest BCUT2D eigenvalue weighted by atomic mass is 9.98. The van der Waals surface area contributed by atoms with Gasteiger partial charge in [0.15, 0.2) is 0 Å². The third-order valence-electron chi connectivity index (χ3n) is 3.00. The maximum atomic E-state index is 5.68. The van der Waals surface area contributed by atoms with Crippen molar-refractivity contribution >= 4 is 0 Å². The highest BCUT2D eigenvalue weighted by Gasteiger charge is 2.12. The van der Waals surface area contributed by atoms with E-state index < -0.39 is 0 Å². The van der Waals surface area contributed by atoms with Crippen LogP contribution in [-0.4, -0.2) is 4.98 Å². The molecule has 4 nitrogen and oxygen atoms in total. The van der Waals surface area contributed by atoms with Gasteiger partial charge < -0.3 is 14.9 Å². The molecule has 1 unspecified atom stereocenters. The van der Waals surface area contributed by atoms with Crippen LogP contribution in [0.1, 0.15) is 37.4 Å². The number of nitrogens with zero attached hydrogens (tertiary/aromatic N) is 1. The molecular weight excluding hydrogens is 228 g/mol. The first-order valence-corrected chi connectivity index (χ1v) is 6.15. The molecule has 18 heavy (non-hydrogen) atoms. The third-order valence-corrected chi connectivity index (χ3v) is 3.00. The molecule has 0 saturated carbocycles. The number of para-hydroxylation sites is 1. The molecule has 0 saturated heterocycles. The van der Waals surface area contributed by atoms with Crippen LogP contribution in [-0.2, 0) is 6.54 Å². The molecule has 2 aromatic rings. The number of benzene rings is 1. The fraction of sp³-hybridized carbons (Fsp3) is 0.357. The van der Waals surface area contributed by atoms with Crippen molar-refractivity contribution in [2.75, 3.05) is 0 Å². The van der Waals surface area contributed by atoms with Gasteiger partial charge in [0.25, 0.3) is 0 Å². The van der Waals surface area contributed by atoms with E-state index in [2.05, 4.69) is 24.9 Å². The minimum absolute atomic E-state index is 0.242. The molecule has 0 fully saturated rings. The molecular formula is C14H18N2O2. The van der Waals surface area contributed by atoms with Crippen molar-refractivity contribution in [1.29, 1.82) is 0 Å². The minimum atomic E-state index is 0.242. The van der Waals surface area contributed by atoms with Crippen molar-refractivity contribution in [2.24, 2.45) is 5.73 Å². The van der Waals surface area contributed by atoms with Gasteiger partial charge in [-0.05, 0) is 24.0 Å². The summed E-state index contributed by atoms with van der Waals surface area (Å²) in [5, 5.41) is 0. The number of hydrogen-bond acceptors (Lipinski definition) is 4. The predicted molar refractivity (Wildman–Crippen MR) is 69.6 cm³/mol. The monoisotopic (exact) mass is 246 g/mol. The highest BCUT2D eigenvalue weighted by molar-refractivity contribution is 5.37. The summed E-state index contributed by atoms with van der Waals surface area (Å²) in [6.45, 7) is 4.67. The molecule has 0 bridgehead atoms. The molecule has 0 amide bonds. The number of hydrogen-bond donors (Lipinski definition) is 1. The van der Waals surface area contributed by atoms with Crippen molar-refractivity contribution in [3.05, 3.63) is 41.8 Å². The maximum Gasteiger partial charge on any atom is 0.399 e. The fourth-order valence-electron chi connectivity index (χ4n) is 1.72. The smallest absolute Gasteiger partial charge is 0.399 e. The molecule has 4 heteroatoms. The van der Waals surface area contributed by atoms with Crippen LogP contribution in [0.2, 0.25) is 0 Å². The topological polar surface area (TPSA) is 61.3 Å². The molecule has 1 heterocycles. The van der Waals surface area contributed by atoms with Gasteiger partial charge in [0.2, 0.25) is 0 Å². The molecule has 0 aliphatic carbocycles. The standard InChI is InChI=1S/C14H18N2O2/c1-3-10(2)12-6-4-5-7-13(12)18-14-16-11(8-15)9-17-14/h4-7,9-10H,3,8,15H2,1-2H3. The van der Waals surface area contributed by atoms with E-state index >= 15 is 0 Å². The summed E-state index contributed by atoms with van der Waals surface area (Å²) in [5.74, 6) is 1.22. The summed E-state index contributed by atoms with van der Waals surface area (Å²) in [7, 11) is 0. The molecule has 0 radical (unpaired) electrons. The Morgan fingerprint density at radius 3 is 2.83 bits per heavy atom. The highest BCUT2D eigenvalue weighted by atomic mass is 16.6. The van der Waals surface area contributed by atoms with Crippen LogP contribution in [0, 0.1) is 0 Å². The Labute approximate surface area is 107 Å². The fourth-order valence-corrected chi connectivity index (χ4v) is 1.72. The zero-order chi connectivity index (χ0) is 13.0. The van der Waals surface area contributed by atoms with E-state index in [-0.39, 0.29) is 6.08 Å². The minimum Gasteiger partial charge on any atom is -0.417 e. The van der Waals surface area contributed by atoms with E-state index in [1.807, 2.05) is 18.2 Å². The van der Waals surface area contributed by atoms with E-state index in [1.165, 1.54) is 6.26 Å². The average Bonchev–Trinajstić information content (AvgIpc) is 2.86. The number of ether oxygens (including phenoxy) is 1. The van der Waals surface area contributed by atoms with Crippen molar-refractivity contribution in [3.8, 4) is 11.8 Å². The van der Waals surface area contributed by atoms with Crippen LogP contribution in [0.4, 0.5) is 0 Å². The Hall–Kier alpha value is -1.81. The number of oxazole rings is 1. The van der Waals surface area contributed by atoms with Gasteiger partial charge in [-0.3, -0.25) is 0 Å². The molecule has 96 valence electrons. The molecule has 0 spiro atoms. The predicted octanol–water partition coefficient (Wildman–Crippen LogP) is 3.44. The van der Waals surface area contributed by atoms with Gasteiger partial charge >= 0.3 is 6.08 Å². The van der Waals surface area contributed by atoms with Gasteiger partial charge in [0, 0.05) is 6.54 Å². The number of aromatic nitrogens is 1. The number of nitrogens with two attached hydrogens (primary N) is 1. The summed E-state index contributed by atoms with van der Waals surface area (Å²) in [5.41, 5.74) is 7.32. The van der Waals surface area contributed by atoms with Gasteiger partial charge in [-0.15, -0.1) is 0 Å². The van der Waals surface area contributed by atoms with E-state index in [4.69, 9.17) is 14.9 Å². The van der Waals surface area contributed by atoms with E-state index in [9.17, 15) is 0 Å². The lowest BCUT2D eigenvalue weighted by Gasteiger charge is -2.13. The molecule has 1 aromatic carbocycles. The second-order valence-corrected chi connectivity index (χ2v) is 4.26. The largest absolute Gasteiger partial charge is 0.417 e. The molecule has 1 atom stereocenters. The normalized spacial score (nSPS) is 12.4. The van der Waals surface area contributed by atoms with Crippen LogP contribution >= 0.6 is 0 Å². The molecule has 0 aliphatic heterocycles. The van der Waals surface area contributed by atoms with E-state index in [0.29, 0.717) is 18.2 Å². The van der Waals surface area contributed by atoms with Crippen molar-refractivity contribution in [2.45, 2.75) is 32.7 Å². The Balaban J connectivity index is 2.23. The Bertz CT molecular complexity index is 508. The Morgan fingerprint density at radius 2 is 2.17 bits per heavy atom. The molecule has 0 aliphatic rings. The SMILES string of the molecule is CCC(C)c1ccccc1Oc1nc(CN)co1. The number of rotatable bonds is 5. The molecule has 2 N–H and O–H groups in total. The van der Waals surface area contributed by atoms with Gasteiger partial charge in [0.05, 0.1) is 5.69 Å². The summed E-state index contributed by atoms with van der Waals surface area (Å²) in [6.07, 6.45) is 2.81. The van der Waals surface area contributed by atoms with Gasteiger partial charge in [-0.25, -0.2) is 0 Å². The van der Waals surface area contributed by atoms with Crippen LogP contribution in [0.3, 0.4) is 0 Å². The summed E-state index contributed by atoms with van der Waals surface area (Å²) < 4.78 is 10.9. The van der Waals surface area contributed by atoms with Crippen molar-refractivity contribution in [1.82, 2.24) is 4.98 Å². The lowest BCUT2D eigenvalue weighted by molar-refractivity contribution is 0.327. The van der Waals surface area contributed by atoms with Crippen LogP contribution in [0.25, 0.3) is 0 Å². The Kier molecular flexibility index (Phi) is 3.99. The van der Waals surface area contributed by atoms with Crippen molar-refractivity contribution < 1.29 is 9.15 Å². The maximum absolute atomic E-state index is 5.68. The van der Waals surface area contributed by atoms with Crippen LogP contribution in [0.15, 0.2) is 34.9 Å². The third kappa shape index (κ3) is 2.71. The highest BCUT2D eigenvalue weighted by Crippen LogP contribution is 2.31. The summed E-state index contributed by atoms with van der Waals surface area (Å²) in [4.78, 5) is 4.14. The van der Waals surface area contributed by atoms with Gasteiger partial charge in [0.1, 0.15) is 12.0 Å². The first-order valence-electron chi connectivity index (χ1n) is 6.15. The molecule has 1 aromatic heterocycles. The first-order chi connectivity index (χ1) is 8.74. The summed E-state index contributed by atoms with van der Waals surface area (Å²) in [6, 6.07) is 7.94. The van der Waals surface area contributed by atoms with Gasteiger partial charge in [-0.1, -0.05) is 32.0 Å². The van der Waals surface area contributed by atoms with Crippen LogP contribution < -0.4 is 10.5 Å². The Morgan fingerprint density at radius 1 is 1.39 bits per heavy atom. The van der Waals surface area contributed by atoms with E-state index in [1.54, 1.807) is 0 Å². The van der Waals surface area contributed by atoms with E-state index in [0.717, 1.165) is 17.7 Å². The lowest BCUT2D eigenvalue weighted by Crippen LogP contribution is -1.97. The first kappa shape index (κ1) is 12.6. The van der Waals surface area contributed by atoms with Crippen molar-refractivity contribution in [3.63, 3.8) is 0 Å². The molecule has 2 rings (SSSR count).